The van der Waals surface area contributed by atoms with Gasteiger partial charge in [-0.05, 0) is 45.6 Å². The van der Waals surface area contributed by atoms with Crippen molar-refractivity contribution in [2.24, 2.45) is 0 Å². The predicted octanol–water partition coefficient (Wildman–Crippen LogP) is 2.63. The summed E-state index contributed by atoms with van der Waals surface area (Å²) in [5, 5.41) is 1.05. The minimum absolute atomic E-state index is 0.283. The van der Waals surface area contributed by atoms with Gasteiger partial charge in [0.15, 0.2) is 0 Å². The van der Waals surface area contributed by atoms with Gasteiger partial charge in [0.05, 0.1) is 16.7 Å². The number of aryl methyl sites for hydroxylation is 1. The minimum Gasteiger partial charge on any atom is -0.399 e. The molecule has 0 saturated carbocycles. The van der Waals surface area contributed by atoms with Gasteiger partial charge in [0, 0.05) is 11.1 Å². The Bertz CT molecular complexity index is 689. The number of aromatic nitrogens is 2. The normalized spacial score (nSPS) is 24.7. The van der Waals surface area contributed by atoms with Crippen LogP contribution >= 0.6 is 0 Å². The minimum atomic E-state index is -0.339. The van der Waals surface area contributed by atoms with Crippen molar-refractivity contribution in [1.29, 1.82) is 0 Å². The maximum absolute atomic E-state index is 6.23. The summed E-state index contributed by atoms with van der Waals surface area (Å²) >= 11 is 0. The molecular formula is C16H21BN2O2. The largest absolute Gasteiger partial charge is 0.494 e. The molecule has 1 atom stereocenters. The van der Waals surface area contributed by atoms with Gasteiger partial charge in [-0.2, -0.15) is 0 Å². The van der Waals surface area contributed by atoms with Crippen LogP contribution in [0.5, 0.6) is 0 Å². The molecule has 0 radical (unpaired) electrons. The first-order valence-corrected chi connectivity index (χ1v) is 7.43. The van der Waals surface area contributed by atoms with E-state index < -0.39 is 0 Å². The number of fused-ring (bicyclic) bond motifs is 1. The standard InChI is InChI=1S/C16H21BN2O2/c1-6-16(5)15(3,4)20-17(21-16)12-7-8-14-13(9-12)11(2)18-10-19-14/h7-10H,6H2,1-5H3. The van der Waals surface area contributed by atoms with E-state index in [9.17, 15) is 0 Å². The van der Waals surface area contributed by atoms with E-state index in [0.717, 1.165) is 28.5 Å². The highest BCUT2D eigenvalue weighted by atomic mass is 16.7. The molecular weight excluding hydrogens is 263 g/mol. The first-order chi connectivity index (χ1) is 9.86. The van der Waals surface area contributed by atoms with Gasteiger partial charge in [-0.1, -0.05) is 19.1 Å². The summed E-state index contributed by atoms with van der Waals surface area (Å²) in [7, 11) is -0.339. The maximum atomic E-state index is 6.23. The van der Waals surface area contributed by atoms with Crippen LogP contribution in [0, 0.1) is 6.92 Å². The lowest BCUT2D eigenvalue weighted by atomic mass is 9.78. The molecule has 0 aliphatic carbocycles. The van der Waals surface area contributed by atoms with Crippen molar-refractivity contribution in [2.45, 2.75) is 52.2 Å². The molecule has 1 saturated heterocycles. The van der Waals surface area contributed by atoms with Crippen LogP contribution in [-0.2, 0) is 9.31 Å². The smallest absolute Gasteiger partial charge is 0.399 e. The van der Waals surface area contributed by atoms with Crippen LogP contribution in [0.15, 0.2) is 24.5 Å². The van der Waals surface area contributed by atoms with Gasteiger partial charge in [-0.25, -0.2) is 9.97 Å². The fourth-order valence-electron chi connectivity index (χ4n) is 2.79. The third kappa shape index (κ3) is 2.25. The molecule has 1 aromatic heterocycles. The van der Waals surface area contributed by atoms with Gasteiger partial charge in [0.2, 0.25) is 0 Å². The Morgan fingerprint density at radius 2 is 1.90 bits per heavy atom. The fraction of sp³-hybridized carbons (Fsp3) is 0.500. The molecule has 2 heterocycles. The van der Waals surface area contributed by atoms with Gasteiger partial charge in [-0.3, -0.25) is 0 Å². The summed E-state index contributed by atoms with van der Waals surface area (Å²) < 4.78 is 12.4. The second-order valence-corrected chi connectivity index (χ2v) is 6.40. The number of hydrogen-bond donors (Lipinski definition) is 0. The fourth-order valence-corrected chi connectivity index (χ4v) is 2.79. The van der Waals surface area contributed by atoms with Crippen molar-refractivity contribution in [1.82, 2.24) is 9.97 Å². The molecule has 1 aliphatic rings. The zero-order chi connectivity index (χ0) is 15.3. The Labute approximate surface area is 126 Å². The van der Waals surface area contributed by atoms with E-state index >= 15 is 0 Å². The van der Waals surface area contributed by atoms with E-state index in [1.165, 1.54) is 0 Å². The molecule has 5 heteroatoms. The average molecular weight is 284 g/mol. The number of nitrogens with zero attached hydrogens (tertiary/aromatic N) is 2. The van der Waals surface area contributed by atoms with Crippen LogP contribution in [0.2, 0.25) is 0 Å². The van der Waals surface area contributed by atoms with Crippen molar-refractivity contribution in [2.75, 3.05) is 0 Å². The lowest BCUT2D eigenvalue weighted by Crippen LogP contribution is -2.44. The summed E-state index contributed by atoms with van der Waals surface area (Å²) in [5.41, 5.74) is 2.34. The summed E-state index contributed by atoms with van der Waals surface area (Å²) in [4.78, 5) is 8.55. The Morgan fingerprint density at radius 1 is 1.14 bits per heavy atom. The quantitative estimate of drug-likeness (QED) is 0.795. The third-order valence-electron chi connectivity index (χ3n) is 4.85. The molecule has 110 valence electrons. The SMILES string of the molecule is CCC1(C)OB(c2ccc3ncnc(C)c3c2)OC1(C)C. The zero-order valence-electron chi connectivity index (χ0n) is 13.3. The number of rotatable bonds is 2. The van der Waals surface area contributed by atoms with E-state index in [-0.39, 0.29) is 18.3 Å². The lowest BCUT2D eigenvalue weighted by Gasteiger charge is -2.35. The van der Waals surface area contributed by atoms with E-state index in [4.69, 9.17) is 9.31 Å². The van der Waals surface area contributed by atoms with Crippen molar-refractivity contribution >= 4 is 23.5 Å². The van der Waals surface area contributed by atoms with Gasteiger partial charge >= 0.3 is 7.12 Å². The van der Waals surface area contributed by atoms with E-state index in [2.05, 4.69) is 43.7 Å². The molecule has 0 N–H and O–H groups in total. The summed E-state index contributed by atoms with van der Waals surface area (Å²) in [5.74, 6) is 0. The van der Waals surface area contributed by atoms with E-state index in [1.807, 2.05) is 19.1 Å². The lowest BCUT2D eigenvalue weighted by molar-refractivity contribution is -0.0118. The zero-order valence-corrected chi connectivity index (χ0v) is 13.3. The predicted molar refractivity (Wildman–Crippen MR) is 84.6 cm³/mol. The molecule has 3 rings (SSSR count). The molecule has 1 unspecified atom stereocenters. The van der Waals surface area contributed by atoms with Crippen LogP contribution in [0.1, 0.15) is 39.8 Å². The second-order valence-electron chi connectivity index (χ2n) is 6.40. The van der Waals surface area contributed by atoms with Crippen molar-refractivity contribution in [3.63, 3.8) is 0 Å². The molecule has 1 aliphatic heterocycles. The van der Waals surface area contributed by atoms with Crippen LogP contribution in [-0.4, -0.2) is 28.3 Å². The molecule has 0 spiro atoms. The van der Waals surface area contributed by atoms with Crippen molar-refractivity contribution in [3.05, 3.63) is 30.2 Å². The first-order valence-electron chi connectivity index (χ1n) is 7.43. The van der Waals surface area contributed by atoms with Crippen LogP contribution < -0.4 is 5.46 Å². The third-order valence-corrected chi connectivity index (χ3v) is 4.85. The molecule has 4 nitrogen and oxygen atoms in total. The highest BCUT2D eigenvalue weighted by Gasteiger charge is 2.53. The second kappa shape index (κ2) is 4.78. The molecule has 1 aromatic carbocycles. The van der Waals surface area contributed by atoms with Gasteiger partial charge in [0.25, 0.3) is 0 Å². The summed E-state index contributed by atoms with van der Waals surface area (Å²) in [6, 6.07) is 6.10. The number of hydrogen-bond acceptors (Lipinski definition) is 4. The van der Waals surface area contributed by atoms with Crippen LogP contribution in [0.25, 0.3) is 10.9 Å². The highest BCUT2D eigenvalue weighted by molar-refractivity contribution is 6.62. The van der Waals surface area contributed by atoms with Gasteiger partial charge in [-0.15, -0.1) is 0 Å². The molecule has 2 aromatic rings. The monoisotopic (exact) mass is 284 g/mol. The topological polar surface area (TPSA) is 44.2 Å². The summed E-state index contributed by atoms with van der Waals surface area (Å²) in [6.07, 6.45) is 2.50. The van der Waals surface area contributed by atoms with Gasteiger partial charge in [0.1, 0.15) is 6.33 Å². The van der Waals surface area contributed by atoms with E-state index in [1.54, 1.807) is 6.33 Å². The Kier molecular flexibility index (Phi) is 3.30. The van der Waals surface area contributed by atoms with Crippen molar-refractivity contribution in [3.8, 4) is 0 Å². The Balaban J connectivity index is 2.01. The molecule has 21 heavy (non-hydrogen) atoms. The molecule has 0 amide bonds. The number of benzene rings is 1. The van der Waals surface area contributed by atoms with Crippen molar-refractivity contribution < 1.29 is 9.31 Å². The van der Waals surface area contributed by atoms with Crippen LogP contribution in [0.4, 0.5) is 0 Å². The molecule has 1 fully saturated rings. The van der Waals surface area contributed by atoms with Gasteiger partial charge < -0.3 is 9.31 Å². The molecule has 0 bridgehead atoms. The highest BCUT2D eigenvalue weighted by Crippen LogP contribution is 2.39. The average Bonchev–Trinajstić information content (AvgIpc) is 2.70. The maximum Gasteiger partial charge on any atom is 0.494 e. The van der Waals surface area contributed by atoms with E-state index in [0.29, 0.717) is 0 Å². The Hall–Kier alpha value is -1.46. The summed E-state index contributed by atoms with van der Waals surface area (Å²) in [6.45, 7) is 10.4. The Morgan fingerprint density at radius 3 is 2.57 bits per heavy atom. The first kappa shape index (κ1) is 14.5. The van der Waals surface area contributed by atoms with Crippen LogP contribution in [0.3, 0.4) is 0 Å².